The maximum Gasteiger partial charge on any atom is 0.326 e. The summed E-state index contributed by atoms with van der Waals surface area (Å²) in [7, 11) is 0. The molecule has 8 nitrogen and oxygen atoms in total. The molecule has 1 atom stereocenters. The molecule has 3 rings (SSSR count). The van der Waals surface area contributed by atoms with Gasteiger partial charge in [0.25, 0.3) is 11.8 Å². The first-order valence-corrected chi connectivity index (χ1v) is 9.67. The Morgan fingerprint density at radius 3 is 2.42 bits per heavy atom. The topological polar surface area (TPSA) is 107 Å². The molecular weight excluding hydrogens is 400 g/mol. The number of furan rings is 1. The number of hydrogen-bond acceptors (Lipinski definition) is 6. The van der Waals surface area contributed by atoms with Crippen LogP contribution in [0.5, 0.6) is 5.75 Å². The fraction of sp³-hybridized carbons (Fsp3) is 0.174. The summed E-state index contributed by atoms with van der Waals surface area (Å²) in [4.78, 5) is 37.3. The Morgan fingerprint density at radius 2 is 1.71 bits per heavy atom. The van der Waals surface area contributed by atoms with Crippen LogP contribution in [-0.2, 0) is 14.3 Å². The molecular formula is C23H22N2O6. The highest BCUT2D eigenvalue weighted by atomic mass is 16.5. The molecule has 1 unspecified atom stereocenters. The lowest BCUT2D eigenvalue weighted by Crippen LogP contribution is -2.33. The Morgan fingerprint density at radius 1 is 0.968 bits per heavy atom. The largest absolute Gasteiger partial charge is 0.492 e. The van der Waals surface area contributed by atoms with Crippen molar-refractivity contribution in [1.82, 2.24) is 5.32 Å². The van der Waals surface area contributed by atoms with E-state index in [0.717, 1.165) is 0 Å². The molecule has 0 spiro atoms. The van der Waals surface area contributed by atoms with Gasteiger partial charge < -0.3 is 24.5 Å². The monoisotopic (exact) mass is 422 g/mol. The van der Waals surface area contributed by atoms with Crippen LogP contribution in [-0.4, -0.2) is 30.9 Å². The second-order valence-electron chi connectivity index (χ2n) is 6.36. The number of hydrogen-bond donors (Lipinski definition) is 2. The van der Waals surface area contributed by atoms with Crippen LogP contribution in [0, 0.1) is 0 Å². The third-order valence-electron chi connectivity index (χ3n) is 4.17. The minimum atomic E-state index is -1.22. The van der Waals surface area contributed by atoms with Crippen molar-refractivity contribution in [3.8, 4) is 5.75 Å². The maximum absolute atomic E-state index is 13.0. The van der Waals surface area contributed by atoms with Crippen LogP contribution in [0.4, 0.5) is 5.69 Å². The summed E-state index contributed by atoms with van der Waals surface area (Å²) in [5.41, 5.74) is 0.942. The molecule has 3 aromatic rings. The molecule has 0 aliphatic carbocycles. The zero-order chi connectivity index (χ0) is 22.1. The number of para-hydroxylation sites is 2. The quantitative estimate of drug-likeness (QED) is 0.512. The van der Waals surface area contributed by atoms with Crippen LogP contribution in [0.1, 0.15) is 29.1 Å². The summed E-state index contributed by atoms with van der Waals surface area (Å²) >= 11 is 0. The van der Waals surface area contributed by atoms with Crippen molar-refractivity contribution >= 4 is 23.5 Å². The minimum Gasteiger partial charge on any atom is -0.492 e. The van der Waals surface area contributed by atoms with Gasteiger partial charge in [-0.05, 0) is 31.2 Å². The second kappa shape index (κ2) is 10.6. The first-order valence-electron chi connectivity index (χ1n) is 9.67. The lowest BCUT2D eigenvalue weighted by molar-refractivity contribution is -0.153. The molecule has 0 fully saturated rings. The van der Waals surface area contributed by atoms with E-state index < -0.39 is 30.4 Å². The zero-order valence-corrected chi connectivity index (χ0v) is 16.9. The standard InChI is InChI=1S/C23H22N2O6/c1-2-29-18-12-7-6-11-17(18)25-23(28)21(16-9-4-3-5-10-16)31-20(26)15-24-22(27)19-13-8-14-30-19/h3-14,21H,2,15H2,1H3,(H,24,27)(H,25,28). The average molecular weight is 422 g/mol. The number of anilines is 1. The van der Waals surface area contributed by atoms with Crippen molar-refractivity contribution in [2.75, 3.05) is 18.5 Å². The van der Waals surface area contributed by atoms with E-state index in [1.165, 1.54) is 12.3 Å². The number of carbonyl (C=O) groups is 3. The molecule has 31 heavy (non-hydrogen) atoms. The SMILES string of the molecule is CCOc1ccccc1NC(=O)C(OC(=O)CNC(=O)c1ccco1)c1ccccc1. The second-order valence-corrected chi connectivity index (χ2v) is 6.36. The van der Waals surface area contributed by atoms with Gasteiger partial charge in [0.05, 0.1) is 18.6 Å². The van der Waals surface area contributed by atoms with Gasteiger partial charge in [0, 0.05) is 5.56 Å². The highest BCUT2D eigenvalue weighted by Gasteiger charge is 2.26. The predicted octanol–water partition coefficient (Wildman–Crippen LogP) is 3.33. The first kappa shape index (κ1) is 21.6. The van der Waals surface area contributed by atoms with Gasteiger partial charge in [-0.3, -0.25) is 14.4 Å². The molecule has 0 aliphatic heterocycles. The van der Waals surface area contributed by atoms with E-state index in [0.29, 0.717) is 23.6 Å². The summed E-state index contributed by atoms with van der Waals surface area (Å²) < 4.78 is 15.9. The smallest absolute Gasteiger partial charge is 0.326 e. The number of amides is 2. The van der Waals surface area contributed by atoms with E-state index in [9.17, 15) is 14.4 Å². The molecule has 2 N–H and O–H groups in total. The third-order valence-corrected chi connectivity index (χ3v) is 4.17. The van der Waals surface area contributed by atoms with Crippen molar-refractivity contribution in [2.24, 2.45) is 0 Å². The molecule has 1 heterocycles. The Hall–Kier alpha value is -4.07. The molecule has 2 amide bonds. The van der Waals surface area contributed by atoms with E-state index >= 15 is 0 Å². The fourth-order valence-electron chi connectivity index (χ4n) is 2.77. The third kappa shape index (κ3) is 5.96. The fourth-order valence-corrected chi connectivity index (χ4v) is 2.77. The van der Waals surface area contributed by atoms with Crippen LogP contribution in [0.25, 0.3) is 0 Å². The van der Waals surface area contributed by atoms with Crippen LogP contribution in [0.3, 0.4) is 0 Å². The maximum atomic E-state index is 13.0. The van der Waals surface area contributed by atoms with E-state index in [4.69, 9.17) is 13.9 Å². The summed E-state index contributed by atoms with van der Waals surface area (Å²) in [6, 6.07) is 18.6. The number of esters is 1. The summed E-state index contributed by atoms with van der Waals surface area (Å²) in [5.74, 6) is -1.32. The van der Waals surface area contributed by atoms with Crippen molar-refractivity contribution in [3.63, 3.8) is 0 Å². The van der Waals surface area contributed by atoms with Gasteiger partial charge in [0.1, 0.15) is 12.3 Å². The van der Waals surface area contributed by atoms with E-state index in [-0.39, 0.29) is 5.76 Å². The van der Waals surface area contributed by atoms with Gasteiger partial charge in [-0.2, -0.15) is 0 Å². The van der Waals surface area contributed by atoms with Crippen LogP contribution in [0.15, 0.2) is 77.4 Å². The zero-order valence-electron chi connectivity index (χ0n) is 16.9. The van der Waals surface area contributed by atoms with E-state index in [1.54, 1.807) is 60.7 Å². The number of nitrogens with one attached hydrogen (secondary N) is 2. The molecule has 2 aromatic carbocycles. The highest BCUT2D eigenvalue weighted by Crippen LogP contribution is 2.26. The van der Waals surface area contributed by atoms with Gasteiger partial charge in [0.15, 0.2) is 5.76 Å². The van der Waals surface area contributed by atoms with Gasteiger partial charge in [-0.25, -0.2) is 0 Å². The molecule has 0 bridgehead atoms. The summed E-state index contributed by atoms with van der Waals surface area (Å²) in [5, 5.41) is 5.14. The van der Waals surface area contributed by atoms with Crippen molar-refractivity contribution in [2.45, 2.75) is 13.0 Å². The minimum absolute atomic E-state index is 0.0673. The van der Waals surface area contributed by atoms with Crippen LogP contribution < -0.4 is 15.4 Å². The van der Waals surface area contributed by atoms with E-state index in [1.807, 2.05) is 6.92 Å². The summed E-state index contributed by atoms with van der Waals surface area (Å²) in [6.07, 6.45) is 0.132. The summed E-state index contributed by atoms with van der Waals surface area (Å²) in [6.45, 7) is 1.84. The predicted molar refractivity (Wildman–Crippen MR) is 113 cm³/mol. The number of benzene rings is 2. The Kier molecular flexibility index (Phi) is 7.42. The molecule has 160 valence electrons. The Labute approximate surface area is 179 Å². The number of carbonyl (C=O) groups excluding carboxylic acids is 3. The number of rotatable bonds is 9. The van der Waals surface area contributed by atoms with Crippen LogP contribution in [0.2, 0.25) is 0 Å². The van der Waals surface area contributed by atoms with Crippen molar-refractivity contribution < 1.29 is 28.3 Å². The van der Waals surface area contributed by atoms with Gasteiger partial charge in [-0.15, -0.1) is 0 Å². The normalized spacial score (nSPS) is 11.3. The van der Waals surface area contributed by atoms with Crippen molar-refractivity contribution in [3.05, 3.63) is 84.3 Å². The average Bonchev–Trinajstić information content (AvgIpc) is 3.33. The van der Waals surface area contributed by atoms with Crippen molar-refractivity contribution in [1.29, 1.82) is 0 Å². The molecule has 1 aromatic heterocycles. The molecule has 0 radical (unpaired) electrons. The lowest BCUT2D eigenvalue weighted by Gasteiger charge is -2.19. The van der Waals surface area contributed by atoms with Gasteiger partial charge in [-0.1, -0.05) is 42.5 Å². The van der Waals surface area contributed by atoms with Crippen LogP contribution >= 0.6 is 0 Å². The molecule has 0 aliphatic rings. The highest BCUT2D eigenvalue weighted by molar-refractivity contribution is 5.98. The first-order chi connectivity index (χ1) is 15.1. The van der Waals surface area contributed by atoms with Gasteiger partial charge in [0.2, 0.25) is 6.10 Å². The Balaban J connectivity index is 1.70. The molecule has 0 saturated heterocycles. The number of ether oxygens (including phenoxy) is 2. The van der Waals surface area contributed by atoms with Gasteiger partial charge >= 0.3 is 5.97 Å². The van der Waals surface area contributed by atoms with E-state index in [2.05, 4.69) is 10.6 Å². The molecule has 0 saturated carbocycles. The Bertz CT molecular complexity index is 1020. The lowest BCUT2D eigenvalue weighted by atomic mass is 10.1. The molecule has 8 heteroatoms.